The van der Waals surface area contributed by atoms with Gasteiger partial charge < -0.3 is 14.5 Å². The molecule has 2 aromatic carbocycles. The number of amides is 1. The Morgan fingerprint density at radius 3 is 2.67 bits per heavy atom. The van der Waals surface area contributed by atoms with Gasteiger partial charge in [-0.1, -0.05) is 29.8 Å². The fraction of sp³-hybridized carbons (Fsp3) is 0.158. The van der Waals surface area contributed by atoms with Crippen molar-refractivity contribution < 1.29 is 22.7 Å². The monoisotopic (exact) mass is 392 g/mol. The molecule has 8 heteroatoms. The van der Waals surface area contributed by atoms with Crippen LogP contribution in [-0.2, 0) is 11.2 Å². The minimum atomic E-state index is -2.98. The Hall–Kier alpha value is -2.93. The zero-order valence-corrected chi connectivity index (χ0v) is 15.0. The highest BCUT2D eigenvalue weighted by Crippen LogP contribution is 2.29. The third-order valence-corrected chi connectivity index (χ3v) is 3.97. The molecule has 0 fully saturated rings. The first-order chi connectivity index (χ1) is 12.9. The molecule has 1 heterocycles. The number of hydrogen-bond donors (Lipinski definition) is 1. The van der Waals surface area contributed by atoms with Gasteiger partial charge in [-0.05, 0) is 37.3 Å². The van der Waals surface area contributed by atoms with E-state index in [0.29, 0.717) is 23.0 Å². The van der Waals surface area contributed by atoms with Crippen LogP contribution in [0.15, 0.2) is 52.9 Å². The van der Waals surface area contributed by atoms with Crippen molar-refractivity contribution in [2.45, 2.75) is 20.0 Å². The van der Waals surface area contributed by atoms with E-state index in [2.05, 4.69) is 15.0 Å². The Morgan fingerprint density at radius 2 is 2.00 bits per heavy atom. The van der Waals surface area contributed by atoms with E-state index in [1.165, 1.54) is 18.2 Å². The molecule has 1 amide bonds. The first-order valence-corrected chi connectivity index (χ1v) is 8.36. The molecular weight excluding hydrogens is 378 g/mol. The molecule has 1 aromatic heterocycles. The van der Waals surface area contributed by atoms with Crippen LogP contribution in [0.4, 0.5) is 14.5 Å². The van der Waals surface area contributed by atoms with Crippen molar-refractivity contribution in [1.29, 1.82) is 0 Å². The van der Waals surface area contributed by atoms with E-state index in [-0.39, 0.29) is 23.1 Å². The van der Waals surface area contributed by atoms with Crippen LogP contribution in [0.25, 0.3) is 11.5 Å². The average Bonchev–Trinajstić information content (AvgIpc) is 2.98. The third-order valence-electron chi connectivity index (χ3n) is 3.67. The number of oxazole rings is 1. The fourth-order valence-corrected chi connectivity index (χ4v) is 2.65. The van der Waals surface area contributed by atoms with Gasteiger partial charge in [0.2, 0.25) is 11.8 Å². The summed E-state index contributed by atoms with van der Waals surface area (Å²) >= 11 is 5.88. The number of alkyl halides is 2. The number of rotatable bonds is 6. The summed E-state index contributed by atoms with van der Waals surface area (Å²) in [5.74, 6) is 0.476. The molecule has 3 aromatic rings. The molecule has 1 N–H and O–H groups in total. The smallest absolute Gasteiger partial charge is 0.387 e. The maximum Gasteiger partial charge on any atom is 0.387 e. The van der Waals surface area contributed by atoms with Gasteiger partial charge in [0.1, 0.15) is 11.5 Å². The van der Waals surface area contributed by atoms with Gasteiger partial charge in [-0.25, -0.2) is 4.98 Å². The molecule has 0 spiro atoms. The van der Waals surface area contributed by atoms with Crippen LogP contribution in [-0.4, -0.2) is 17.5 Å². The predicted molar refractivity (Wildman–Crippen MR) is 97.1 cm³/mol. The summed E-state index contributed by atoms with van der Waals surface area (Å²) in [4.78, 5) is 16.6. The van der Waals surface area contributed by atoms with Crippen molar-refractivity contribution in [1.82, 2.24) is 4.98 Å². The van der Waals surface area contributed by atoms with Gasteiger partial charge in [0.05, 0.1) is 17.1 Å². The van der Waals surface area contributed by atoms with E-state index >= 15 is 0 Å². The van der Waals surface area contributed by atoms with Crippen molar-refractivity contribution in [3.63, 3.8) is 0 Å². The average molecular weight is 393 g/mol. The van der Waals surface area contributed by atoms with Crippen LogP contribution in [0, 0.1) is 6.92 Å². The van der Waals surface area contributed by atoms with Crippen LogP contribution >= 0.6 is 11.6 Å². The number of halogens is 3. The fourth-order valence-electron chi connectivity index (χ4n) is 2.42. The van der Waals surface area contributed by atoms with Crippen LogP contribution in [0.3, 0.4) is 0 Å². The highest BCUT2D eigenvalue weighted by atomic mass is 35.5. The molecule has 0 aliphatic carbocycles. The zero-order valence-electron chi connectivity index (χ0n) is 14.2. The van der Waals surface area contributed by atoms with Crippen molar-refractivity contribution in [3.8, 4) is 17.2 Å². The molecule has 27 heavy (non-hydrogen) atoms. The molecule has 0 bridgehead atoms. The van der Waals surface area contributed by atoms with Gasteiger partial charge in [0, 0.05) is 11.3 Å². The van der Waals surface area contributed by atoms with Crippen LogP contribution in [0.2, 0.25) is 5.02 Å². The van der Waals surface area contributed by atoms with Gasteiger partial charge in [0.15, 0.2) is 0 Å². The standard InChI is InChI=1S/C19H15ClF2N2O3/c1-11-15(24-18(26-11)12-5-3-2-4-6-12)10-17(25)23-13-7-8-16(14(20)9-13)27-19(21)22/h2-9,19H,10H2,1H3,(H,23,25). The number of anilines is 1. The van der Waals surface area contributed by atoms with Gasteiger partial charge in [-0.15, -0.1) is 0 Å². The lowest BCUT2D eigenvalue weighted by Gasteiger charge is -2.09. The van der Waals surface area contributed by atoms with Crippen molar-refractivity contribution in [2.24, 2.45) is 0 Å². The van der Waals surface area contributed by atoms with Gasteiger partial charge >= 0.3 is 6.61 Å². The Bertz CT molecular complexity index is 945. The molecule has 0 aliphatic heterocycles. The second kappa shape index (κ2) is 8.18. The Kier molecular flexibility index (Phi) is 5.71. The molecule has 0 saturated heterocycles. The molecular formula is C19H15ClF2N2O3. The summed E-state index contributed by atoms with van der Waals surface area (Å²) in [6, 6.07) is 13.4. The van der Waals surface area contributed by atoms with E-state index in [1.807, 2.05) is 30.3 Å². The van der Waals surface area contributed by atoms with Gasteiger partial charge in [-0.2, -0.15) is 8.78 Å². The number of aromatic nitrogens is 1. The van der Waals surface area contributed by atoms with Crippen molar-refractivity contribution >= 4 is 23.2 Å². The van der Waals surface area contributed by atoms with E-state index in [9.17, 15) is 13.6 Å². The highest BCUT2D eigenvalue weighted by molar-refractivity contribution is 6.32. The second-order valence-corrected chi connectivity index (χ2v) is 6.04. The minimum absolute atomic E-state index is 0.00489. The number of ether oxygens (including phenoxy) is 1. The van der Waals surface area contributed by atoms with E-state index in [1.54, 1.807) is 6.92 Å². The summed E-state index contributed by atoms with van der Waals surface area (Å²) in [6.45, 7) is -1.24. The van der Waals surface area contributed by atoms with Crippen LogP contribution in [0.1, 0.15) is 11.5 Å². The molecule has 0 aliphatic rings. The van der Waals surface area contributed by atoms with E-state index in [4.69, 9.17) is 16.0 Å². The maximum atomic E-state index is 12.3. The lowest BCUT2D eigenvalue weighted by atomic mass is 10.2. The molecule has 5 nitrogen and oxygen atoms in total. The topological polar surface area (TPSA) is 64.4 Å². The molecule has 0 radical (unpaired) electrons. The summed E-state index contributed by atoms with van der Waals surface area (Å²) < 4.78 is 34.4. The first-order valence-electron chi connectivity index (χ1n) is 7.98. The highest BCUT2D eigenvalue weighted by Gasteiger charge is 2.15. The number of carbonyl (C=O) groups is 1. The van der Waals surface area contributed by atoms with Crippen molar-refractivity contribution in [2.75, 3.05) is 5.32 Å². The first kappa shape index (κ1) is 18.8. The molecule has 0 atom stereocenters. The van der Waals surface area contributed by atoms with Gasteiger partial charge in [-0.3, -0.25) is 4.79 Å². The Morgan fingerprint density at radius 1 is 1.26 bits per heavy atom. The lowest BCUT2D eigenvalue weighted by Crippen LogP contribution is -2.15. The lowest BCUT2D eigenvalue weighted by molar-refractivity contribution is -0.115. The number of hydrogen-bond acceptors (Lipinski definition) is 4. The number of benzene rings is 2. The number of carbonyl (C=O) groups excluding carboxylic acids is 1. The second-order valence-electron chi connectivity index (χ2n) is 5.64. The third kappa shape index (κ3) is 4.83. The van der Waals surface area contributed by atoms with Crippen molar-refractivity contribution in [3.05, 3.63) is 65.0 Å². The Balaban J connectivity index is 1.68. The largest absolute Gasteiger partial charge is 0.441 e. The maximum absolute atomic E-state index is 12.3. The molecule has 0 saturated carbocycles. The predicted octanol–water partition coefficient (Wildman–Crippen LogP) is 5.09. The SMILES string of the molecule is Cc1oc(-c2ccccc2)nc1CC(=O)Nc1ccc(OC(F)F)c(Cl)c1. The normalized spacial score (nSPS) is 10.9. The van der Waals surface area contributed by atoms with Crippen LogP contribution < -0.4 is 10.1 Å². The zero-order chi connectivity index (χ0) is 19.4. The quantitative estimate of drug-likeness (QED) is 0.635. The van der Waals surface area contributed by atoms with E-state index in [0.717, 1.165) is 5.56 Å². The molecule has 0 unspecified atom stereocenters. The Labute approximate surface area is 158 Å². The molecule has 140 valence electrons. The number of nitrogens with zero attached hydrogens (tertiary/aromatic N) is 1. The van der Waals surface area contributed by atoms with E-state index < -0.39 is 6.61 Å². The summed E-state index contributed by atoms with van der Waals surface area (Å²) in [7, 11) is 0. The summed E-state index contributed by atoms with van der Waals surface area (Å²) in [5.41, 5.74) is 1.68. The van der Waals surface area contributed by atoms with Crippen LogP contribution in [0.5, 0.6) is 5.75 Å². The summed E-state index contributed by atoms with van der Waals surface area (Å²) in [5, 5.41) is 2.61. The summed E-state index contributed by atoms with van der Waals surface area (Å²) in [6.07, 6.45) is -0.00489. The van der Waals surface area contributed by atoms with Gasteiger partial charge in [0.25, 0.3) is 0 Å². The number of nitrogens with one attached hydrogen (secondary N) is 1. The molecule has 3 rings (SSSR count). The minimum Gasteiger partial charge on any atom is -0.441 e. The number of aryl methyl sites for hydroxylation is 1.